The van der Waals surface area contributed by atoms with Gasteiger partial charge in [0.1, 0.15) is 5.75 Å². The number of nitrogens with zero attached hydrogens (tertiary/aromatic N) is 4. The Morgan fingerprint density at radius 2 is 1.91 bits per heavy atom. The topological polar surface area (TPSA) is 93.0 Å². The van der Waals surface area contributed by atoms with Crippen molar-refractivity contribution in [3.05, 3.63) is 61.1 Å². The van der Waals surface area contributed by atoms with Gasteiger partial charge in [0.25, 0.3) is 5.91 Å². The number of hydrogen-bond acceptors (Lipinski definition) is 7. The lowest BCUT2D eigenvalue weighted by Crippen LogP contribution is -2.36. The molecular formula is C24H22N6O3. The maximum absolute atomic E-state index is 11.7. The van der Waals surface area contributed by atoms with Gasteiger partial charge in [-0.1, -0.05) is 0 Å². The van der Waals surface area contributed by atoms with Gasteiger partial charge in [0.15, 0.2) is 18.1 Å². The number of imidazole rings is 1. The molecule has 33 heavy (non-hydrogen) atoms. The predicted octanol–water partition coefficient (Wildman–Crippen LogP) is 3.31. The number of morpholine rings is 1. The number of nitrogens with one attached hydrogen (secondary N) is 2. The van der Waals surface area contributed by atoms with E-state index >= 15 is 0 Å². The van der Waals surface area contributed by atoms with Crippen molar-refractivity contribution < 1.29 is 14.3 Å². The molecule has 0 unspecified atom stereocenters. The molecule has 0 atom stereocenters. The first-order valence-electron chi connectivity index (χ1n) is 10.8. The first-order chi connectivity index (χ1) is 16.2. The Morgan fingerprint density at radius 1 is 1.06 bits per heavy atom. The molecule has 2 aliphatic rings. The molecule has 166 valence electrons. The first kappa shape index (κ1) is 19.6. The number of fused-ring (bicyclic) bond motifs is 2. The molecule has 0 aliphatic carbocycles. The van der Waals surface area contributed by atoms with Crippen molar-refractivity contribution in [3.8, 4) is 17.0 Å². The number of anilines is 4. The molecule has 4 heterocycles. The van der Waals surface area contributed by atoms with Crippen LogP contribution in [0.3, 0.4) is 0 Å². The highest BCUT2D eigenvalue weighted by Crippen LogP contribution is 2.33. The number of carbonyl (C=O) groups is 1. The van der Waals surface area contributed by atoms with Gasteiger partial charge in [0, 0.05) is 48.6 Å². The summed E-state index contributed by atoms with van der Waals surface area (Å²) in [5, 5.41) is 6.26. The molecule has 6 rings (SSSR count). The zero-order valence-corrected chi connectivity index (χ0v) is 17.8. The van der Waals surface area contributed by atoms with Crippen molar-refractivity contribution in [2.45, 2.75) is 0 Å². The monoisotopic (exact) mass is 442 g/mol. The third-order valence-electron chi connectivity index (χ3n) is 5.79. The average molecular weight is 442 g/mol. The summed E-state index contributed by atoms with van der Waals surface area (Å²) in [7, 11) is 0. The van der Waals surface area contributed by atoms with Crippen LogP contribution in [0.15, 0.2) is 61.1 Å². The Labute approximate surface area is 190 Å². The minimum atomic E-state index is -0.166. The second-order valence-electron chi connectivity index (χ2n) is 7.95. The molecule has 2 aliphatic heterocycles. The number of hydrogen-bond donors (Lipinski definition) is 2. The Hall–Kier alpha value is -4.11. The molecule has 1 saturated heterocycles. The molecule has 0 saturated carbocycles. The van der Waals surface area contributed by atoms with Crippen LogP contribution in [0.2, 0.25) is 0 Å². The highest BCUT2D eigenvalue weighted by Gasteiger charge is 2.18. The molecule has 0 radical (unpaired) electrons. The lowest BCUT2D eigenvalue weighted by molar-refractivity contribution is -0.118. The maximum Gasteiger partial charge on any atom is 0.262 e. The van der Waals surface area contributed by atoms with Crippen LogP contribution in [0.4, 0.5) is 22.9 Å². The quantitative estimate of drug-likeness (QED) is 0.501. The predicted molar refractivity (Wildman–Crippen MR) is 125 cm³/mol. The molecule has 4 aromatic rings. The fourth-order valence-corrected chi connectivity index (χ4v) is 4.11. The minimum absolute atomic E-state index is 0.0317. The lowest BCUT2D eigenvalue weighted by Gasteiger charge is -2.28. The van der Waals surface area contributed by atoms with E-state index in [1.165, 1.54) is 5.69 Å². The smallest absolute Gasteiger partial charge is 0.262 e. The van der Waals surface area contributed by atoms with E-state index in [1.54, 1.807) is 6.20 Å². The SMILES string of the molecule is O=C1COc2ccc(-c3cn4ccnc4c(Nc4ccc(N5CCOCC5)cc4)n3)cc2N1. The Kier molecular flexibility index (Phi) is 4.80. The third kappa shape index (κ3) is 3.83. The normalized spacial score (nSPS) is 15.6. The van der Waals surface area contributed by atoms with Crippen LogP contribution in [-0.2, 0) is 9.53 Å². The molecule has 9 nitrogen and oxygen atoms in total. The maximum atomic E-state index is 11.7. The van der Waals surface area contributed by atoms with Crippen LogP contribution >= 0.6 is 0 Å². The van der Waals surface area contributed by atoms with Crippen molar-refractivity contribution in [1.82, 2.24) is 14.4 Å². The van der Waals surface area contributed by atoms with E-state index < -0.39 is 0 Å². The largest absolute Gasteiger partial charge is 0.482 e. The summed E-state index contributed by atoms with van der Waals surface area (Å²) in [6.07, 6.45) is 5.55. The van der Waals surface area contributed by atoms with Gasteiger partial charge >= 0.3 is 0 Å². The molecule has 9 heteroatoms. The number of amides is 1. The lowest BCUT2D eigenvalue weighted by atomic mass is 10.1. The number of rotatable bonds is 4. The Morgan fingerprint density at radius 3 is 2.76 bits per heavy atom. The molecule has 2 N–H and O–H groups in total. The van der Waals surface area contributed by atoms with Gasteiger partial charge in [-0.05, 0) is 42.5 Å². The summed E-state index contributed by atoms with van der Waals surface area (Å²) in [4.78, 5) is 23.3. The van der Waals surface area contributed by atoms with Crippen molar-refractivity contribution in [1.29, 1.82) is 0 Å². The zero-order valence-electron chi connectivity index (χ0n) is 17.8. The van der Waals surface area contributed by atoms with Gasteiger partial charge < -0.3 is 29.4 Å². The number of carbonyl (C=O) groups excluding carboxylic acids is 1. The summed E-state index contributed by atoms with van der Waals surface area (Å²) >= 11 is 0. The molecule has 1 amide bonds. The van der Waals surface area contributed by atoms with E-state index in [0.29, 0.717) is 17.3 Å². The van der Waals surface area contributed by atoms with Gasteiger partial charge in [-0.3, -0.25) is 4.79 Å². The van der Waals surface area contributed by atoms with Gasteiger partial charge in [0.2, 0.25) is 0 Å². The zero-order chi connectivity index (χ0) is 22.2. The summed E-state index contributed by atoms with van der Waals surface area (Å²) < 4.78 is 12.8. The number of benzene rings is 2. The van der Waals surface area contributed by atoms with Crippen LogP contribution in [0.1, 0.15) is 0 Å². The van der Waals surface area contributed by atoms with E-state index in [1.807, 2.05) is 47.1 Å². The van der Waals surface area contributed by atoms with Gasteiger partial charge in [-0.25, -0.2) is 9.97 Å². The van der Waals surface area contributed by atoms with E-state index in [2.05, 4.69) is 32.7 Å². The molecule has 0 bridgehead atoms. The minimum Gasteiger partial charge on any atom is -0.482 e. The first-order valence-corrected chi connectivity index (χ1v) is 10.8. The highest BCUT2D eigenvalue weighted by molar-refractivity contribution is 5.96. The summed E-state index contributed by atoms with van der Waals surface area (Å²) in [6, 6.07) is 14.0. The highest BCUT2D eigenvalue weighted by atomic mass is 16.5. The van der Waals surface area contributed by atoms with Crippen LogP contribution < -0.4 is 20.3 Å². The van der Waals surface area contributed by atoms with E-state index in [0.717, 1.165) is 48.9 Å². The van der Waals surface area contributed by atoms with Crippen molar-refractivity contribution in [2.24, 2.45) is 0 Å². The third-order valence-corrected chi connectivity index (χ3v) is 5.79. The number of ether oxygens (including phenoxy) is 2. The van der Waals surface area contributed by atoms with Crippen LogP contribution in [0.5, 0.6) is 5.75 Å². The summed E-state index contributed by atoms with van der Waals surface area (Å²) in [5.74, 6) is 1.14. The average Bonchev–Trinajstić information content (AvgIpc) is 3.34. The number of aromatic nitrogens is 3. The van der Waals surface area contributed by atoms with Crippen LogP contribution in [0, 0.1) is 0 Å². The van der Waals surface area contributed by atoms with Gasteiger partial charge in [0.05, 0.1) is 24.6 Å². The Balaban J connectivity index is 1.31. The van der Waals surface area contributed by atoms with Crippen LogP contribution in [-0.4, -0.2) is 53.2 Å². The van der Waals surface area contributed by atoms with Crippen molar-refractivity contribution >= 4 is 34.4 Å². The Bertz CT molecular complexity index is 1330. The van der Waals surface area contributed by atoms with Crippen LogP contribution in [0.25, 0.3) is 16.9 Å². The molecule has 2 aromatic carbocycles. The summed E-state index contributed by atoms with van der Waals surface area (Å²) in [6.45, 7) is 3.35. The molecular weight excluding hydrogens is 420 g/mol. The van der Waals surface area contributed by atoms with Crippen molar-refractivity contribution in [2.75, 3.05) is 48.4 Å². The summed E-state index contributed by atoms with van der Waals surface area (Å²) in [5.41, 5.74) is 5.08. The molecule has 2 aromatic heterocycles. The van der Waals surface area contributed by atoms with E-state index in [4.69, 9.17) is 14.5 Å². The second kappa shape index (κ2) is 8.10. The fraction of sp³-hybridized carbons (Fsp3) is 0.208. The second-order valence-corrected chi connectivity index (χ2v) is 7.95. The standard InChI is InChI=1S/C24H22N6O3/c31-22-15-33-21-6-1-16(13-19(21)27-22)20-14-30-8-7-25-24(30)23(28-20)26-17-2-4-18(5-3-17)29-9-11-32-12-10-29/h1-8,13-14H,9-12,15H2,(H,26,28)(H,27,31). The van der Waals surface area contributed by atoms with E-state index in [9.17, 15) is 4.79 Å². The van der Waals surface area contributed by atoms with E-state index in [-0.39, 0.29) is 12.5 Å². The van der Waals surface area contributed by atoms with Crippen molar-refractivity contribution in [3.63, 3.8) is 0 Å². The molecule has 0 spiro atoms. The van der Waals surface area contributed by atoms with Gasteiger partial charge in [-0.2, -0.15) is 0 Å². The van der Waals surface area contributed by atoms with Gasteiger partial charge in [-0.15, -0.1) is 0 Å². The molecule has 1 fully saturated rings. The fourth-order valence-electron chi connectivity index (χ4n) is 4.11.